The van der Waals surface area contributed by atoms with Gasteiger partial charge < -0.3 is 9.72 Å². The van der Waals surface area contributed by atoms with E-state index in [9.17, 15) is 4.79 Å². The molecule has 0 unspecified atom stereocenters. The molecule has 0 aliphatic heterocycles. The van der Waals surface area contributed by atoms with E-state index in [1.807, 2.05) is 24.3 Å². The standard InChI is InChI=1S/C16H19NO2/c18-16-15-7-6-14(10-13(15)8-9-17-16)19-11-12-4-2-1-3-5-12/h6-10,12H,1-5,11H2,(H,17,18). The molecule has 1 N–H and O–H groups in total. The zero-order valence-electron chi connectivity index (χ0n) is 11.0. The Morgan fingerprint density at radius 1 is 1.16 bits per heavy atom. The molecule has 1 aliphatic carbocycles. The Bertz CT molecular complexity index is 611. The minimum Gasteiger partial charge on any atom is -0.493 e. The summed E-state index contributed by atoms with van der Waals surface area (Å²) in [4.78, 5) is 14.3. The van der Waals surface area contributed by atoms with Gasteiger partial charge in [0, 0.05) is 11.6 Å². The van der Waals surface area contributed by atoms with Gasteiger partial charge >= 0.3 is 0 Å². The Hall–Kier alpha value is -1.77. The third-order valence-corrected chi connectivity index (χ3v) is 3.96. The SMILES string of the molecule is O=c1[nH]ccc2cc(OCC3CCCCC3)ccc12. The number of aromatic amines is 1. The fourth-order valence-corrected chi connectivity index (χ4v) is 2.83. The van der Waals surface area contributed by atoms with Crippen molar-refractivity contribution in [3.63, 3.8) is 0 Å². The molecule has 0 amide bonds. The van der Waals surface area contributed by atoms with Crippen LogP contribution >= 0.6 is 0 Å². The van der Waals surface area contributed by atoms with Crippen LogP contribution in [0.25, 0.3) is 10.8 Å². The van der Waals surface area contributed by atoms with Crippen LogP contribution in [0.2, 0.25) is 0 Å². The minimum atomic E-state index is -0.0451. The molecule has 1 aromatic carbocycles. The normalized spacial score (nSPS) is 16.6. The average Bonchev–Trinajstić information content (AvgIpc) is 2.46. The van der Waals surface area contributed by atoms with Crippen molar-refractivity contribution in [1.29, 1.82) is 0 Å². The van der Waals surface area contributed by atoms with Crippen molar-refractivity contribution < 1.29 is 4.74 Å². The number of ether oxygens (including phenoxy) is 1. The molecule has 1 heterocycles. The van der Waals surface area contributed by atoms with Crippen molar-refractivity contribution in [2.45, 2.75) is 32.1 Å². The number of pyridine rings is 1. The second-order valence-electron chi connectivity index (χ2n) is 5.37. The van der Waals surface area contributed by atoms with Crippen molar-refractivity contribution in [3.05, 3.63) is 40.8 Å². The molecular formula is C16H19NO2. The van der Waals surface area contributed by atoms with Gasteiger partial charge in [-0.2, -0.15) is 0 Å². The Kier molecular flexibility index (Phi) is 3.53. The highest BCUT2D eigenvalue weighted by Gasteiger charge is 2.14. The smallest absolute Gasteiger partial charge is 0.255 e. The van der Waals surface area contributed by atoms with Crippen LogP contribution < -0.4 is 10.3 Å². The molecule has 0 radical (unpaired) electrons. The van der Waals surface area contributed by atoms with Gasteiger partial charge in [0.15, 0.2) is 0 Å². The van der Waals surface area contributed by atoms with Crippen LogP contribution in [0, 0.1) is 5.92 Å². The molecule has 1 aliphatic rings. The summed E-state index contributed by atoms with van der Waals surface area (Å²) in [7, 11) is 0. The maximum absolute atomic E-state index is 11.6. The molecule has 0 saturated heterocycles. The summed E-state index contributed by atoms with van der Waals surface area (Å²) in [5, 5.41) is 1.65. The molecule has 19 heavy (non-hydrogen) atoms. The van der Waals surface area contributed by atoms with Crippen molar-refractivity contribution in [1.82, 2.24) is 4.98 Å². The van der Waals surface area contributed by atoms with Crippen molar-refractivity contribution >= 4 is 10.8 Å². The molecule has 100 valence electrons. The van der Waals surface area contributed by atoms with Gasteiger partial charge in [0.05, 0.1) is 6.61 Å². The number of hydrogen-bond acceptors (Lipinski definition) is 2. The summed E-state index contributed by atoms with van der Waals surface area (Å²) in [6.07, 6.45) is 8.29. The topological polar surface area (TPSA) is 42.1 Å². The van der Waals surface area contributed by atoms with E-state index in [4.69, 9.17) is 4.74 Å². The van der Waals surface area contributed by atoms with E-state index in [-0.39, 0.29) is 5.56 Å². The fourth-order valence-electron chi connectivity index (χ4n) is 2.83. The first-order valence-electron chi connectivity index (χ1n) is 7.07. The molecule has 1 fully saturated rings. The average molecular weight is 257 g/mol. The number of aromatic nitrogens is 1. The molecule has 3 heteroatoms. The summed E-state index contributed by atoms with van der Waals surface area (Å²) in [6, 6.07) is 7.59. The highest BCUT2D eigenvalue weighted by atomic mass is 16.5. The van der Waals surface area contributed by atoms with Gasteiger partial charge in [0.2, 0.25) is 0 Å². The van der Waals surface area contributed by atoms with E-state index in [2.05, 4.69) is 4.98 Å². The van der Waals surface area contributed by atoms with E-state index in [0.29, 0.717) is 11.3 Å². The van der Waals surface area contributed by atoms with Crippen LogP contribution in [0.4, 0.5) is 0 Å². The summed E-state index contributed by atoms with van der Waals surface area (Å²) in [5.74, 6) is 1.56. The minimum absolute atomic E-state index is 0.0451. The van der Waals surface area contributed by atoms with Crippen LogP contribution in [-0.2, 0) is 0 Å². The number of hydrogen-bond donors (Lipinski definition) is 1. The molecular weight excluding hydrogens is 238 g/mol. The number of fused-ring (bicyclic) bond motifs is 1. The molecule has 1 aromatic heterocycles. The molecule has 0 spiro atoms. The lowest BCUT2D eigenvalue weighted by atomic mass is 9.90. The second-order valence-corrected chi connectivity index (χ2v) is 5.37. The molecule has 0 atom stereocenters. The van der Waals surface area contributed by atoms with Crippen molar-refractivity contribution in [2.75, 3.05) is 6.61 Å². The summed E-state index contributed by atoms with van der Waals surface area (Å²) >= 11 is 0. The van der Waals surface area contributed by atoms with E-state index in [0.717, 1.165) is 17.7 Å². The van der Waals surface area contributed by atoms with E-state index < -0.39 is 0 Å². The Morgan fingerprint density at radius 2 is 2.00 bits per heavy atom. The van der Waals surface area contributed by atoms with E-state index >= 15 is 0 Å². The van der Waals surface area contributed by atoms with Crippen molar-refractivity contribution in [2.24, 2.45) is 5.92 Å². The van der Waals surface area contributed by atoms with Gasteiger partial charge in [0.25, 0.3) is 5.56 Å². The molecule has 3 nitrogen and oxygen atoms in total. The van der Waals surface area contributed by atoms with Gasteiger partial charge in [-0.05, 0) is 48.4 Å². The predicted molar refractivity (Wildman–Crippen MR) is 76.6 cm³/mol. The zero-order chi connectivity index (χ0) is 13.1. The van der Waals surface area contributed by atoms with Gasteiger partial charge in [0.1, 0.15) is 5.75 Å². The third-order valence-electron chi connectivity index (χ3n) is 3.96. The Labute approximate surface area is 112 Å². The maximum atomic E-state index is 11.6. The zero-order valence-corrected chi connectivity index (χ0v) is 11.0. The fraction of sp³-hybridized carbons (Fsp3) is 0.438. The van der Waals surface area contributed by atoms with Gasteiger partial charge in [-0.15, -0.1) is 0 Å². The lowest BCUT2D eigenvalue weighted by molar-refractivity contribution is 0.209. The molecule has 1 saturated carbocycles. The first kappa shape index (κ1) is 12.3. The Balaban J connectivity index is 1.72. The van der Waals surface area contributed by atoms with Crippen molar-refractivity contribution in [3.8, 4) is 5.75 Å². The monoisotopic (exact) mass is 257 g/mol. The molecule has 2 aromatic rings. The number of nitrogens with one attached hydrogen (secondary N) is 1. The van der Waals surface area contributed by atoms with Crippen LogP contribution in [-0.4, -0.2) is 11.6 Å². The third kappa shape index (κ3) is 2.80. The van der Waals surface area contributed by atoms with Gasteiger partial charge in [-0.1, -0.05) is 19.3 Å². The van der Waals surface area contributed by atoms with Gasteiger partial charge in [-0.3, -0.25) is 4.79 Å². The summed E-state index contributed by atoms with van der Waals surface area (Å²) < 4.78 is 5.88. The summed E-state index contributed by atoms with van der Waals surface area (Å²) in [6.45, 7) is 0.800. The highest BCUT2D eigenvalue weighted by Crippen LogP contribution is 2.25. The van der Waals surface area contributed by atoms with E-state index in [1.165, 1.54) is 32.1 Å². The highest BCUT2D eigenvalue weighted by molar-refractivity contribution is 5.82. The van der Waals surface area contributed by atoms with Gasteiger partial charge in [-0.25, -0.2) is 0 Å². The van der Waals surface area contributed by atoms with Crippen LogP contribution in [0.1, 0.15) is 32.1 Å². The first-order chi connectivity index (χ1) is 9.33. The van der Waals surface area contributed by atoms with Crippen LogP contribution in [0.3, 0.4) is 0 Å². The molecule has 0 bridgehead atoms. The number of rotatable bonds is 3. The van der Waals surface area contributed by atoms with Crippen LogP contribution in [0.15, 0.2) is 35.3 Å². The predicted octanol–water partition coefficient (Wildman–Crippen LogP) is 3.49. The lowest BCUT2D eigenvalue weighted by Crippen LogP contribution is -2.15. The van der Waals surface area contributed by atoms with E-state index in [1.54, 1.807) is 6.20 Å². The maximum Gasteiger partial charge on any atom is 0.255 e. The van der Waals surface area contributed by atoms with Crippen LogP contribution in [0.5, 0.6) is 5.75 Å². The summed E-state index contributed by atoms with van der Waals surface area (Å²) in [5.41, 5.74) is -0.0451. The number of H-pyrrole nitrogens is 1. The largest absolute Gasteiger partial charge is 0.493 e. The Morgan fingerprint density at radius 3 is 2.84 bits per heavy atom. The number of benzene rings is 1. The quantitative estimate of drug-likeness (QED) is 0.914. The molecule has 3 rings (SSSR count). The lowest BCUT2D eigenvalue weighted by Gasteiger charge is -2.21. The first-order valence-corrected chi connectivity index (χ1v) is 7.07. The second kappa shape index (κ2) is 5.47.